The lowest BCUT2D eigenvalue weighted by molar-refractivity contribution is -0.154. The third kappa shape index (κ3) is 3.38. The molecule has 1 saturated heterocycles. The molecule has 0 unspecified atom stereocenters. The van der Waals surface area contributed by atoms with E-state index in [0.717, 1.165) is 16.0 Å². The van der Waals surface area contributed by atoms with E-state index < -0.39 is 48.7 Å². The summed E-state index contributed by atoms with van der Waals surface area (Å²) >= 11 is 12.6. The number of imide groups is 1. The number of hydrogen-bond acceptors (Lipinski definition) is 5. The summed E-state index contributed by atoms with van der Waals surface area (Å²) in [5.41, 5.74) is 2.44. The average molecular weight is 453 g/mol. The summed E-state index contributed by atoms with van der Waals surface area (Å²) in [5, 5.41) is 2.01. The minimum Gasteiger partial charge on any atom is -0.454 e. The average Bonchev–Trinajstić information content (AvgIpc) is 3.30. The van der Waals surface area contributed by atoms with Crippen LogP contribution >= 0.6 is 23.2 Å². The summed E-state index contributed by atoms with van der Waals surface area (Å²) < 4.78 is 5.00. The van der Waals surface area contributed by atoms with Gasteiger partial charge in [-0.05, 0) is 43.2 Å². The van der Waals surface area contributed by atoms with Crippen molar-refractivity contribution in [1.29, 1.82) is 0 Å². The topological polar surface area (TPSA) is 92.8 Å². The fourth-order valence-electron chi connectivity index (χ4n) is 5.07. The van der Waals surface area contributed by atoms with Crippen LogP contribution in [0.5, 0.6) is 0 Å². The molecule has 3 amide bonds. The van der Waals surface area contributed by atoms with Crippen LogP contribution in [0.1, 0.15) is 17.5 Å². The number of benzene rings is 1. The van der Waals surface area contributed by atoms with E-state index in [0.29, 0.717) is 12.1 Å². The van der Waals surface area contributed by atoms with E-state index in [9.17, 15) is 19.2 Å². The Labute approximate surface area is 184 Å². The van der Waals surface area contributed by atoms with Gasteiger partial charge in [0.15, 0.2) is 6.61 Å². The molecule has 7 nitrogen and oxygen atoms in total. The number of para-hydroxylation sites is 1. The Morgan fingerprint density at radius 1 is 1.07 bits per heavy atom. The van der Waals surface area contributed by atoms with E-state index in [2.05, 4.69) is 5.32 Å². The maximum Gasteiger partial charge on any atom is 0.326 e. The first-order valence-corrected chi connectivity index (χ1v) is 10.7. The fraction of sp³-hybridized carbons (Fsp3) is 0.524. The molecule has 3 fully saturated rings. The normalized spacial score (nSPS) is 31.8. The molecule has 160 valence electrons. The van der Waals surface area contributed by atoms with Crippen LogP contribution in [0.4, 0.5) is 5.69 Å². The summed E-state index contributed by atoms with van der Waals surface area (Å²) in [6.45, 7) is 2.70. The van der Waals surface area contributed by atoms with E-state index in [4.69, 9.17) is 27.9 Å². The number of nitrogens with zero attached hydrogens (tertiary/aromatic N) is 1. The number of likely N-dealkylation sites (tertiary alicyclic amines) is 1. The van der Waals surface area contributed by atoms with Crippen molar-refractivity contribution in [2.24, 2.45) is 23.7 Å². The molecule has 0 aromatic heterocycles. The summed E-state index contributed by atoms with van der Waals surface area (Å²) in [6.07, 6.45) is 0.659. The molecule has 4 rings (SSSR count). The third-order valence-corrected chi connectivity index (χ3v) is 7.79. The van der Waals surface area contributed by atoms with Gasteiger partial charge < -0.3 is 10.1 Å². The number of carbonyl (C=O) groups is 4. The number of esters is 1. The van der Waals surface area contributed by atoms with Gasteiger partial charge in [0.05, 0.1) is 22.6 Å². The highest BCUT2D eigenvalue weighted by atomic mass is 35.5. The third-order valence-electron chi connectivity index (χ3n) is 6.48. The molecule has 3 aliphatic rings. The second kappa shape index (κ2) is 7.85. The van der Waals surface area contributed by atoms with Gasteiger partial charge in [-0.1, -0.05) is 18.2 Å². The second-order valence-electron chi connectivity index (χ2n) is 8.24. The lowest BCUT2D eigenvalue weighted by atomic mass is 9.80. The molecule has 1 N–H and O–H groups in total. The van der Waals surface area contributed by atoms with Crippen LogP contribution in [-0.4, -0.2) is 52.5 Å². The second-order valence-corrected chi connectivity index (χ2v) is 9.25. The number of amides is 3. The predicted octanol–water partition coefficient (Wildman–Crippen LogP) is 2.25. The standard InChI is InChI=1S/C21H22Cl2N2O5/c1-9-4-3-5-10(2)19(9)24-13(26)8-30-14(27)7-25-20(28)15-11-6-12(16(15)21(25)29)18(23)17(11)22/h3-5,11-12,15-18H,6-8H2,1-2H3,(H,24,26)/t11-,12-,15-,16-,17+,18+/m1/s1. The summed E-state index contributed by atoms with van der Waals surface area (Å²) in [6, 6.07) is 5.60. The molecule has 1 heterocycles. The Balaban J connectivity index is 1.33. The molecule has 2 aliphatic carbocycles. The number of fused-ring (bicyclic) bond motifs is 5. The highest BCUT2D eigenvalue weighted by Gasteiger charge is 2.66. The van der Waals surface area contributed by atoms with Gasteiger partial charge in [0, 0.05) is 5.69 Å². The van der Waals surface area contributed by atoms with E-state index >= 15 is 0 Å². The Morgan fingerprint density at radius 2 is 1.60 bits per heavy atom. The highest BCUT2D eigenvalue weighted by Crippen LogP contribution is 2.59. The summed E-state index contributed by atoms with van der Waals surface area (Å²) in [5.74, 6) is -3.43. The maximum atomic E-state index is 12.7. The molecule has 1 aliphatic heterocycles. The number of hydrogen-bond donors (Lipinski definition) is 1. The predicted molar refractivity (Wildman–Crippen MR) is 110 cm³/mol. The van der Waals surface area contributed by atoms with Gasteiger partial charge in [0.2, 0.25) is 11.8 Å². The smallest absolute Gasteiger partial charge is 0.326 e. The van der Waals surface area contributed by atoms with Gasteiger partial charge in [-0.3, -0.25) is 24.1 Å². The molecule has 0 spiro atoms. The molecule has 1 aromatic carbocycles. The molecule has 0 radical (unpaired) electrons. The molecule has 2 saturated carbocycles. The van der Waals surface area contributed by atoms with Crippen molar-refractivity contribution in [2.75, 3.05) is 18.5 Å². The number of carbonyl (C=O) groups excluding carboxylic acids is 4. The minimum absolute atomic E-state index is 0.148. The Morgan fingerprint density at radius 3 is 2.13 bits per heavy atom. The molecule has 6 atom stereocenters. The van der Waals surface area contributed by atoms with Crippen molar-refractivity contribution in [3.8, 4) is 0 Å². The van der Waals surface area contributed by atoms with Crippen molar-refractivity contribution in [2.45, 2.75) is 31.0 Å². The van der Waals surface area contributed by atoms with Gasteiger partial charge in [-0.2, -0.15) is 0 Å². The van der Waals surface area contributed by atoms with Crippen LogP contribution in [0.2, 0.25) is 0 Å². The van der Waals surface area contributed by atoms with Gasteiger partial charge in [0.25, 0.3) is 5.91 Å². The molecular weight excluding hydrogens is 431 g/mol. The molecule has 30 heavy (non-hydrogen) atoms. The zero-order chi connectivity index (χ0) is 21.7. The Kier molecular flexibility index (Phi) is 5.53. The summed E-state index contributed by atoms with van der Waals surface area (Å²) in [7, 11) is 0. The monoisotopic (exact) mass is 452 g/mol. The number of alkyl halides is 2. The van der Waals surface area contributed by atoms with Crippen LogP contribution in [0, 0.1) is 37.5 Å². The van der Waals surface area contributed by atoms with Crippen molar-refractivity contribution in [1.82, 2.24) is 4.90 Å². The van der Waals surface area contributed by atoms with Crippen LogP contribution < -0.4 is 5.32 Å². The lowest BCUT2D eigenvalue weighted by Gasteiger charge is -2.28. The van der Waals surface area contributed by atoms with Crippen molar-refractivity contribution in [3.63, 3.8) is 0 Å². The van der Waals surface area contributed by atoms with Crippen LogP contribution in [0.25, 0.3) is 0 Å². The van der Waals surface area contributed by atoms with Gasteiger partial charge in [-0.15, -0.1) is 23.2 Å². The number of ether oxygens (including phenoxy) is 1. The van der Waals surface area contributed by atoms with Crippen LogP contribution in [-0.2, 0) is 23.9 Å². The molecule has 1 aromatic rings. The Hall–Kier alpha value is -2.12. The first-order chi connectivity index (χ1) is 14.2. The van der Waals surface area contributed by atoms with Gasteiger partial charge >= 0.3 is 5.97 Å². The number of aryl methyl sites for hydroxylation is 2. The van der Waals surface area contributed by atoms with Crippen molar-refractivity contribution in [3.05, 3.63) is 29.3 Å². The highest BCUT2D eigenvalue weighted by molar-refractivity contribution is 6.31. The number of anilines is 1. The number of halogens is 2. The zero-order valence-electron chi connectivity index (χ0n) is 16.6. The first-order valence-electron chi connectivity index (χ1n) is 9.85. The van der Waals surface area contributed by atoms with E-state index in [-0.39, 0.29) is 22.6 Å². The molecule has 9 heteroatoms. The lowest BCUT2D eigenvalue weighted by Crippen LogP contribution is -2.38. The van der Waals surface area contributed by atoms with Crippen LogP contribution in [0.3, 0.4) is 0 Å². The molecular formula is C21H22Cl2N2O5. The van der Waals surface area contributed by atoms with E-state index in [1.807, 2.05) is 32.0 Å². The summed E-state index contributed by atoms with van der Waals surface area (Å²) in [4.78, 5) is 50.8. The van der Waals surface area contributed by atoms with Crippen molar-refractivity contribution >= 4 is 52.6 Å². The SMILES string of the molecule is Cc1cccc(C)c1NC(=O)COC(=O)CN1C(=O)[C@@H]2[C@H]3C[C@@H]([C@H](Cl)[C@H]3Cl)[C@H]2C1=O. The number of nitrogens with one attached hydrogen (secondary N) is 1. The Bertz CT molecular complexity index is 884. The van der Waals surface area contributed by atoms with Gasteiger partial charge in [0.1, 0.15) is 6.54 Å². The van der Waals surface area contributed by atoms with Crippen molar-refractivity contribution < 1.29 is 23.9 Å². The maximum absolute atomic E-state index is 12.7. The van der Waals surface area contributed by atoms with Crippen LogP contribution in [0.15, 0.2) is 18.2 Å². The first kappa shape index (κ1) is 21.1. The zero-order valence-corrected chi connectivity index (χ0v) is 18.1. The fourth-order valence-corrected chi connectivity index (χ4v) is 5.97. The van der Waals surface area contributed by atoms with E-state index in [1.54, 1.807) is 0 Å². The van der Waals surface area contributed by atoms with Gasteiger partial charge in [-0.25, -0.2) is 0 Å². The minimum atomic E-state index is -0.814. The molecule has 2 bridgehead atoms. The number of rotatable bonds is 5. The largest absolute Gasteiger partial charge is 0.454 e. The van der Waals surface area contributed by atoms with E-state index in [1.165, 1.54) is 0 Å². The quantitative estimate of drug-likeness (QED) is 0.420.